The Balaban J connectivity index is 2.40. The third kappa shape index (κ3) is 2.96. The largest absolute Gasteiger partial charge is 0.363 e. The van der Waals surface area contributed by atoms with Gasteiger partial charge in [-0.2, -0.15) is 0 Å². The van der Waals surface area contributed by atoms with E-state index in [1.54, 1.807) is 12.3 Å². The minimum absolute atomic E-state index is 0.00417. The molecule has 3 nitrogen and oxygen atoms in total. The number of nitrogens with two attached hydrogens (primary N) is 1. The number of aromatic nitrogens is 1. The fourth-order valence-corrected chi connectivity index (χ4v) is 2.48. The molecule has 0 saturated carbocycles. The normalized spacial score (nSPS) is 12.2. The molecule has 0 aliphatic rings. The second-order valence-corrected chi connectivity index (χ2v) is 4.75. The number of rotatable bonds is 5. The van der Waals surface area contributed by atoms with Gasteiger partial charge in [0.15, 0.2) is 0 Å². The Bertz CT molecular complexity index is 571. The monoisotopic (exact) mass is 273 g/mol. The molecule has 0 spiro atoms. The summed E-state index contributed by atoms with van der Waals surface area (Å²) in [6, 6.07) is 8.58. The highest BCUT2D eigenvalue weighted by Crippen LogP contribution is 2.28. The van der Waals surface area contributed by atoms with Gasteiger partial charge in [-0.05, 0) is 49.2 Å². The fraction of sp³-hybridized carbons (Fsp3) is 0.312. The van der Waals surface area contributed by atoms with Gasteiger partial charge in [0.25, 0.3) is 0 Å². The van der Waals surface area contributed by atoms with Crippen molar-refractivity contribution >= 4 is 5.69 Å². The first kappa shape index (κ1) is 14.5. The molecule has 1 heterocycles. The minimum Gasteiger partial charge on any atom is -0.363 e. The highest BCUT2D eigenvalue weighted by atomic mass is 19.1. The van der Waals surface area contributed by atoms with E-state index in [1.165, 1.54) is 12.1 Å². The van der Waals surface area contributed by atoms with Crippen molar-refractivity contribution in [2.45, 2.75) is 19.9 Å². The lowest BCUT2D eigenvalue weighted by molar-refractivity contribution is 0.614. The van der Waals surface area contributed by atoms with Crippen LogP contribution in [0.5, 0.6) is 0 Å². The van der Waals surface area contributed by atoms with Crippen LogP contribution in [0.4, 0.5) is 10.1 Å². The Labute approximate surface area is 119 Å². The van der Waals surface area contributed by atoms with E-state index in [4.69, 9.17) is 5.73 Å². The third-order valence-corrected chi connectivity index (χ3v) is 3.52. The maximum Gasteiger partial charge on any atom is 0.125 e. The first-order chi connectivity index (χ1) is 9.67. The molecule has 2 rings (SSSR count). The summed E-state index contributed by atoms with van der Waals surface area (Å²) in [4.78, 5) is 6.29. The molecular formula is C16H20FN3. The zero-order chi connectivity index (χ0) is 14.5. The standard InChI is InChI=1S/C16H20FN3/c1-3-20(14-6-4-5-13(17)9-14)16(10-18)15-11-19-8-7-12(15)2/h4-9,11,16H,3,10,18H2,1-2H3. The number of pyridine rings is 1. The molecule has 0 amide bonds. The molecule has 0 radical (unpaired) electrons. The molecule has 0 aliphatic carbocycles. The SMILES string of the molecule is CCN(c1cccc(F)c1)C(CN)c1cnccc1C. The molecule has 4 heteroatoms. The predicted molar refractivity (Wildman–Crippen MR) is 80.2 cm³/mol. The molecule has 0 bridgehead atoms. The number of anilines is 1. The van der Waals surface area contributed by atoms with Gasteiger partial charge in [0, 0.05) is 31.2 Å². The van der Waals surface area contributed by atoms with E-state index >= 15 is 0 Å². The van der Waals surface area contributed by atoms with Gasteiger partial charge < -0.3 is 10.6 Å². The van der Waals surface area contributed by atoms with Crippen molar-refractivity contribution in [1.82, 2.24) is 4.98 Å². The van der Waals surface area contributed by atoms with Gasteiger partial charge in [-0.15, -0.1) is 0 Å². The van der Waals surface area contributed by atoms with Crippen molar-refractivity contribution in [2.75, 3.05) is 18.0 Å². The summed E-state index contributed by atoms with van der Waals surface area (Å²) in [6.07, 6.45) is 3.61. The van der Waals surface area contributed by atoms with Crippen LogP contribution in [0.2, 0.25) is 0 Å². The van der Waals surface area contributed by atoms with Crippen molar-refractivity contribution in [3.8, 4) is 0 Å². The van der Waals surface area contributed by atoms with Crippen LogP contribution in [0.3, 0.4) is 0 Å². The number of benzene rings is 1. The maximum absolute atomic E-state index is 13.4. The summed E-state index contributed by atoms with van der Waals surface area (Å²) in [5.41, 5.74) is 9.03. The van der Waals surface area contributed by atoms with Gasteiger partial charge in [-0.3, -0.25) is 4.98 Å². The summed E-state index contributed by atoms with van der Waals surface area (Å²) in [5.74, 6) is -0.236. The van der Waals surface area contributed by atoms with E-state index < -0.39 is 0 Å². The number of likely N-dealkylation sites (N-methyl/N-ethyl adjacent to an activating group) is 1. The predicted octanol–water partition coefficient (Wildman–Crippen LogP) is 3.06. The minimum atomic E-state index is -0.236. The Morgan fingerprint density at radius 2 is 2.15 bits per heavy atom. The number of aryl methyl sites for hydroxylation is 1. The Morgan fingerprint density at radius 1 is 1.35 bits per heavy atom. The number of halogens is 1. The van der Waals surface area contributed by atoms with Crippen LogP contribution in [0.15, 0.2) is 42.7 Å². The molecule has 2 aromatic rings. The molecule has 20 heavy (non-hydrogen) atoms. The van der Waals surface area contributed by atoms with E-state index in [-0.39, 0.29) is 11.9 Å². The summed E-state index contributed by atoms with van der Waals surface area (Å²) in [5, 5.41) is 0. The quantitative estimate of drug-likeness (QED) is 0.910. The third-order valence-electron chi connectivity index (χ3n) is 3.52. The van der Waals surface area contributed by atoms with E-state index in [0.717, 1.165) is 23.4 Å². The van der Waals surface area contributed by atoms with Crippen LogP contribution in [0.1, 0.15) is 24.1 Å². The topological polar surface area (TPSA) is 42.1 Å². The Kier molecular flexibility index (Phi) is 4.69. The fourth-order valence-electron chi connectivity index (χ4n) is 2.48. The molecule has 0 saturated heterocycles. The Morgan fingerprint density at radius 3 is 2.75 bits per heavy atom. The molecule has 0 fully saturated rings. The van der Waals surface area contributed by atoms with Gasteiger partial charge in [-0.1, -0.05) is 6.07 Å². The van der Waals surface area contributed by atoms with E-state index in [0.29, 0.717) is 6.54 Å². The molecule has 2 N–H and O–H groups in total. The van der Waals surface area contributed by atoms with Gasteiger partial charge >= 0.3 is 0 Å². The zero-order valence-corrected chi connectivity index (χ0v) is 11.9. The molecule has 1 atom stereocenters. The van der Waals surface area contributed by atoms with Gasteiger partial charge in [0.2, 0.25) is 0 Å². The molecule has 1 unspecified atom stereocenters. The number of hydrogen-bond acceptors (Lipinski definition) is 3. The maximum atomic E-state index is 13.4. The van der Waals surface area contributed by atoms with Crippen LogP contribution >= 0.6 is 0 Å². The van der Waals surface area contributed by atoms with Crippen molar-refractivity contribution in [3.63, 3.8) is 0 Å². The van der Waals surface area contributed by atoms with E-state index in [1.807, 2.05) is 32.2 Å². The molecular weight excluding hydrogens is 253 g/mol. The van der Waals surface area contributed by atoms with Crippen molar-refractivity contribution < 1.29 is 4.39 Å². The van der Waals surface area contributed by atoms with E-state index in [9.17, 15) is 4.39 Å². The summed E-state index contributed by atoms with van der Waals surface area (Å²) >= 11 is 0. The number of hydrogen-bond donors (Lipinski definition) is 1. The lowest BCUT2D eigenvalue weighted by Gasteiger charge is -2.33. The van der Waals surface area contributed by atoms with Crippen LogP contribution in [-0.4, -0.2) is 18.1 Å². The highest BCUT2D eigenvalue weighted by molar-refractivity contribution is 5.49. The van der Waals surface area contributed by atoms with E-state index in [2.05, 4.69) is 9.88 Å². The lowest BCUT2D eigenvalue weighted by atomic mass is 10.0. The first-order valence-electron chi connectivity index (χ1n) is 6.80. The summed E-state index contributed by atoms with van der Waals surface area (Å²) < 4.78 is 13.4. The molecule has 106 valence electrons. The molecule has 1 aromatic carbocycles. The molecule has 1 aromatic heterocycles. The summed E-state index contributed by atoms with van der Waals surface area (Å²) in [6.45, 7) is 5.29. The average Bonchev–Trinajstić information content (AvgIpc) is 2.45. The van der Waals surface area contributed by atoms with Gasteiger partial charge in [0.1, 0.15) is 5.82 Å². The van der Waals surface area contributed by atoms with Gasteiger partial charge in [0.05, 0.1) is 6.04 Å². The van der Waals surface area contributed by atoms with Crippen LogP contribution in [0, 0.1) is 12.7 Å². The first-order valence-corrected chi connectivity index (χ1v) is 6.80. The van der Waals surface area contributed by atoms with Crippen LogP contribution in [0.25, 0.3) is 0 Å². The highest BCUT2D eigenvalue weighted by Gasteiger charge is 2.20. The Hall–Kier alpha value is -1.94. The number of nitrogens with zero attached hydrogens (tertiary/aromatic N) is 2. The second kappa shape index (κ2) is 6.48. The van der Waals surface area contributed by atoms with Crippen LogP contribution in [-0.2, 0) is 0 Å². The van der Waals surface area contributed by atoms with Crippen LogP contribution < -0.4 is 10.6 Å². The van der Waals surface area contributed by atoms with Gasteiger partial charge in [-0.25, -0.2) is 4.39 Å². The smallest absolute Gasteiger partial charge is 0.125 e. The average molecular weight is 273 g/mol. The zero-order valence-electron chi connectivity index (χ0n) is 11.9. The van der Waals surface area contributed by atoms with Crippen molar-refractivity contribution in [1.29, 1.82) is 0 Å². The summed E-state index contributed by atoms with van der Waals surface area (Å²) in [7, 11) is 0. The van der Waals surface area contributed by atoms with Crippen molar-refractivity contribution in [2.24, 2.45) is 5.73 Å². The lowest BCUT2D eigenvalue weighted by Crippen LogP contribution is -2.34. The second-order valence-electron chi connectivity index (χ2n) is 4.75. The van der Waals surface area contributed by atoms with Crippen molar-refractivity contribution in [3.05, 3.63) is 59.7 Å². The molecule has 0 aliphatic heterocycles.